The highest BCUT2D eigenvalue weighted by atomic mass is 16.6. The van der Waals surface area contributed by atoms with Crippen LogP contribution in [0.3, 0.4) is 0 Å². The molecular formula is C16H25NO2. The average Bonchev–Trinajstić information content (AvgIpc) is 2.41. The van der Waals surface area contributed by atoms with Gasteiger partial charge in [0.05, 0.1) is 11.6 Å². The minimum atomic E-state index is -0.117. The van der Waals surface area contributed by atoms with E-state index < -0.39 is 0 Å². The maximum absolute atomic E-state index is 6.26. The molecule has 1 N–H and O–H groups in total. The number of para-hydroxylation sites is 1. The van der Waals surface area contributed by atoms with Crippen molar-refractivity contribution in [3.05, 3.63) is 29.8 Å². The van der Waals surface area contributed by atoms with E-state index in [1.165, 1.54) is 5.56 Å². The van der Waals surface area contributed by atoms with Crippen molar-refractivity contribution in [3.63, 3.8) is 0 Å². The molecule has 1 aromatic carbocycles. The molecule has 0 bridgehead atoms. The number of hydrogen-bond acceptors (Lipinski definition) is 3. The highest BCUT2D eigenvalue weighted by molar-refractivity contribution is 5.38. The number of hydrogen-bond donors (Lipinski definition) is 1. The molecule has 1 aromatic rings. The van der Waals surface area contributed by atoms with Crippen LogP contribution in [-0.4, -0.2) is 24.9 Å². The Morgan fingerprint density at radius 2 is 2.05 bits per heavy atom. The highest BCUT2D eigenvalue weighted by Crippen LogP contribution is 2.35. The monoisotopic (exact) mass is 263 g/mol. The Morgan fingerprint density at radius 1 is 1.32 bits per heavy atom. The number of fused-ring (bicyclic) bond motifs is 1. The Kier molecular flexibility index (Phi) is 4.48. The largest absolute Gasteiger partial charge is 0.490 e. The van der Waals surface area contributed by atoms with Gasteiger partial charge in [0.25, 0.3) is 0 Å². The van der Waals surface area contributed by atoms with E-state index in [1.807, 2.05) is 12.1 Å². The maximum atomic E-state index is 6.26. The fourth-order valence-corrected chi connectivity index (χ4v) is 2.39. The lowest BCUT2D eigenvalue weighted by Crippen LogP contribution is -2.45. The van der Waals surface area contributed by atoms with Gasteiger partial charge in [0.1, 0.15) is 18.5 Å². The molecule has 1 aliphatic heterocycles. The first-order chi connectivity index (χ1) is 9.07. The van der Waals surface area contributed by atoms with Crippen LogP contribution in [0, 0.1) is 0 Å². The van der Waals surface area contributed by atoms with Gasteiger partial charge in [-0.3, -0.25) is 0 Å². The van der Waals surface area contributed by atoms with Gasteiger partial charge in [-0.05, 0) is 32.9 Å². The van der Waals surface area contributed by atoms with Gasteiger partial charge in [0.15, 0.2) is 0 Å². The van der Waals surface area contributed by atoms with Crippen LogP contribution in [0.15, 0.2) is 24.3 Å². The zero-order valence-corrected chi connectivity index (χ0v) is 12.4. The molecule has 0 amide bonds. The summed E-state index contributed by atoms with van der Waals surface area (Å²) >= 11 is 0. The van der Waals surface area contributed by atoms with Gasteiger partial charge in [0, 0.05) is 5.56 Å². The van der Waals surface area contributed by atoms with E-state index in [1.54, 1.807) is 0 Å². The predicted octanol–water partition coefficient (Wildman–Crippen LogP) is 3.30. The Hall–Kier alpha value is -1.06. The fourth-order valence-electron chi connectivity index (χ4n) is 2.39. The zero-order valence-electron chi connectivity index (χ0n) is 12.4. The summed E-state index contributed by atoms with van der Waals surface area (Å²) in [4.78, 5) is 0. The van der Waals surface area contributed by atoms with E-state index in [0.29, 0.717) is 6.61 Å². The summed E-state index contributed by atoms with van der Waals surface area (Å²) in [6.07, 6.45) is 1.05. The molecule has 2 atom stereocenters. The molecule has 1 aliphatic rings. The third kappa shape index (κ3) is 3.28. The summed E-state index contributed by atoms with van der Waals surface area (Å²) in [5.74, 6) is 0.975. The minimum Gasteiger partial charge on any atom is -0.490 e. The van der Waals surface area contributed by atoms with Crippen molar-refractivity contribution in [3.8, 4) is 5.75 Å². The van der Waals surface area contributed by atoms with Crippen LogP contribution >= 0.6 is 0 Å². The first kappa shape index (κ1) is 14.4. The molecule has 3 heteroatoms. The molecule has 0 aliphatic carbocycles. The van der Waals surface area contributed by atoms with Gasteiger partial charge >= 0.3 is 0 Å². The Morgan fingerprint density at radius 3 is 2.74 bits per heavy atom. The fraction of sp³-hybridized carbons (Fsp3) is 0.625. The normalized spacial score (nSPS) is 22.7. The maximum Gasteiger partial charge on any atom is 0.124 e. The molecule has 106 valence electrons. The molecule has 19 heavy (non-hydrogen) atoms. The predicted molar refractivity (Wildman–Crippen MR) is 77.6 cm³/mol. The molecule has 0 saturated heterocycles. The molecule has 1 heterocycles. The number of nitrogens with one attached hydrogen (secondary N) is 1. The highest BCUT2D eigenvalue weighted by Gasteiger charge is 2.34. The van der Waals surface area contributed by atoms with Crippen LogP contribution in [0.1, 0.15) is 45.7 Å². The molecule has 0 fully saturated rings. The lowest BCUT2D eigenvalue weighted by atomic mass is 9.96. The molecule has 2 unspecified atom stereocenters. The van der Waals surface area contributed by atoms with E-state index in [9.17, 15) is 0 Å². The summed E-state index contributed by atoms with van der Waals surface area (Å²) in [7, 11) is 0. The molecular weight excluding hydrogens is 238 g/mol. The van der Waals surface area contributed by atoms with Crippen molar-refractivity contribution in [1.82, 2.24) is 5.32 Å². The first-order valence-electron chi connectivity index (χ1n) is 7.20. The van der Waals surface area contributed by atoms with Crippen LogP contribution in [0.4, 0.5) is 0 Å². The van der Waals surface area contributed by atoms with Crippen molar-refractivity contribution < 1.29 is 9.47 Å². The second kappa shape index (κ2) is 5.93. The standard InChI is InChI=1S/C16H25NO2/c1-5-16(3,4)19-14-11-18-13-10-8-7-9-12(13)15(14)17-6-2/h7-10,14-15,17H,5-6,11H2,1-4H3. The molecule has 3 nitrogen and oxygen atoms in total. The van der Waals surface area contributed by atoms with Gasteiger partial charge in [-0.1, -0.05) is 32.0 Å². The van der Waals surface area contributed by atoms with Gasteiger partial charge in [-0.15, -0.1) is 0 Å². The minimum absolute atomic E-state index is 0.0600. The third-order valence-corrected chi connectivity index (χ3v) is 3.77. The van der Waals surface area contributed by atoms with Crippen molar-refractivity contribution in [2.45, 2.75) is 51.9 Å². The Bertz CT molecular complexity index is 417. The van der Waals surface area contributed by atoms with Crippen molar-refractivity contribution in [1.29, 1.82) is 0 Å². The number of rotatable bonds is 5. The SMILES string of the molecule is CCNC1c2ccccc2OCC1OC(C)(C)CC. The topological polar surface area (TPSA) is 30.5 Å². The number of ether oxygens (including phenoxy) is 2. The van der Waals surface area contributed by atoms with Crippen molar-refractivity contribution in [2.24, 2.45) is 0 Å². The van der Waals surface area contributed by atoms with Gasteiger partial charge in [-0.2, -0.15) is 0 Å². The smallest absolute Gasteiger partial charge is 0.124 e. The summed E-state index contributed by atoms with van der Waals surface area (Å²) in [5.41, 5.74) is 1.08. The molecule has 2 rings (SSSR count). The molecule has 0 aromatic heterocycles. The van der Waals surface area contributed by atoms with E-state index in [2.05, 4.69) is 45.1 Å². The second-order valence-electron chi connectivity index (χ2n) is 5.65. The first-order valence-corrected chi connectivity index (χ1v) is 7.20. The Balaban J connectivity index is 2.22. The zero-order chi connectivity index (χ0) is 13.9. The van der Waals surface area contributed by atoms with Crippen molar-refractivity contribution >= 4 is 0 Å². The lowest BCUT2D eigenvalue weighted by Gasteiger charge is -2.38. The van der Waals surface area contributed by atoms with Crippen LogP contribution in [0.25, 0.3) is 0 Å². The summed E-state index contributed by atoms with van der Waals surface area (Å²) in [5, 5.41) is 3.53. The molecule has 0 radical (unpaired) electrons. The van der Waals surface area contributed by atoms with E-state index in [4.69, 9.17) is 9.47 Å². The quantitative estimate of drug-likeness (QED) is 0.884. The van der Waals surface area contributed by atoms with Crippen LogP contribution < -0.4 is 10.1 Å². The Labute approximate surface area is 116 Å². The van der Waals surface area contributed by atoms with Crippen LogP contribution in [0.5, 0.6) is 5.75 Å². The third-order valence-electron chi connectivity index (χ3n) is 3.77. The second-order valence-corrected chi connectivity index (χ2v) is 5.65. The molecule has 0 spiro atoms. The van der Waals surface area contributed by atoms with E-state index in [-0.39, 0.29) is 17.7 Å². The molecule has 0 saturated carbocycles. The number of likely N-dealkylation sites (N-methyl/N-ethyl adjacent to an activating group) is 1. The summed E-state index contributed by atoms with van der Waals surface area (Å²) < 4.78 is 12.1. The average molecular weight is 263 g/mol. The lowest BCUT2D eigenvalue weighted by molar-refractivity contribution is -0.108. The van der Waals surface area contributed by atoms with Crippen molar-refractivity contribution in [2.75, 3.05) is 13.2 Å². The summed E-state index contributed by atoms with van der Waals surface area (Å²) in [6.45, 7) is 10.1. The van der Waals surface area contributed by atoms with Gasteiger partial charge in [0.2, 0.25) is 0 Å². The van der Waals surface area contributed by atoms with E-state index in [0.717, 1.165) is 18.7 Å². The number of benzene rings is 1. The van der Waals surface area contributed by atoms with Crippen LogP contribution in [0.2, 0.25) is 0 Å². The van der Waals surface area contributed by atoms with Gasteiger partial charge < -0.3 is 14.8 Å². The van der Waals surface area contributed by atoms with Crippen LogP contribution in [-0.2, 0) is 4.74 Å². The van der Waals surface area contributed by atoms with Gasteiger partial charge in [-0.25, -0.2) is 0 Å². The summed E-state index contributed by atoms with van der Waals surface area (Å²) in [6, 6.07) is 8.43. The van der Waals surface area contributed by atoms with E-state index >= 15 is 0 Å².